The third kappa shape index (κ3) is 3.41. The molecule has 0 saturated heterocycles. The van der Waals surface area contributed by atoms with Gasteiger partial charge in [0, 0.05) is 18.9 Å². The maximum atomic E-state index is 11.8. The molecule has 0 unspecified atom stereocenters. The van der Waals surface area contributed by atoms with Crippen LogP contribution in [0.15, 0.2) is 36.5 Å². The summed E-state index contributed by atoms with van der Waals surface area (Å²) in [6.07, 6.45) is 1.79. The molecular weight excluding hydrogens is 244 g/mol. The number of rotatable bonds is 4. The quantitative estimate of drug-likeness (QED) is 0.763. The Kier molecular flexibility index (Phi) is 3.92. The highest BCUT2D eigenvalue weighted by Crippen LogP contribution is 2.12. The van der Waals surface area contributed by atoms with E-state index in [-0.39, 0.29) is 18.2 Å². The predicted octanol–water partition coefficient (Wildman–Crippen LogP) is 0.950. The van der Waals surface area contributed by atoms with Crippen LogP contribution in [0.1, 0.15) is 16.1 Å². The second-order valence-electron chi connectivity index (χ2n) is 3.97. The van der Waals surface area contributed by atoms with Crippen LogP contribution in [0.4, 0.5) is 5.69 Å². The molecule has 0 radical (unpaired) electrons. The first kappa shape index (κ1) is 12.8. The van der Waals surface area contributed by atoms with Crippen LogP contribution in [0.3, 0.4) is 0 Å². The highest BCUT2D eigenvalue weighted by atomic mass is 16.2. The minimum absolute atomic E-state index is 0.0722. The van der Waals surface area contributed by atoms with Gasteiger partial charge < -0.3 is 10.6 Å². The van der Waals surface area contributed by atoms with Crippen molar-refractivity contribution in [1.82, 2.24) is 15.5 Å². The smallest absolute Gasteiger partial charge is 0.273 e. The maximum Gasteiger partial charge on any atom is 0.273 e. The van der Waals surface area contributed by atoms with Crippen molar-refractivity contribution in [3.63, 3.8) is 0 Å². The van der Waals surface area contributed by atoms with E-state index in [4.69, 9.17) is 0 Å². The van der Waals surface area contributed by atoms with Gasteiger partial charge in [-0.25, -0.2) is 0 Å². The maximum absolute atomic E-state index is 11.8. The predicted molar refractivity (Wildman–Crippen MR) is 70.8 cm³/mol. The van der Waals surface area contributed by atoms with Crippen molar-refractivity contribution in [2.45, 2.75) is 6.42 Å². The molecule has 0 bridgehead atoms. The van der Waals surface area contributed by atoms with Gasteiger partial charge in [0.25, 0.3) is 5.91 Å². The molecule has 0 fully saturated rings. The standard InChI is InChI=1S/C13H14N4O2/c1-14-12(18)8-9-3-2-4-10(7-9)16-13(19)11-5-6-15-17-11/h2-7H,8H2,1H3,(H,14,18)(H,15,17)(H,16,19). The molecule has 19 heavy (non-hydrogen) atoms. The number of carbonyl (C=O) groups excluding carboxylic acids is 2. The van der Waals surface area contributed by atoms with E-state index in [0.717, 1.165) is 5.56 Å². The number of benzene rings is 1. The Morgan fingerprint density at radius 1 is 1.32 bits per heavy atom. The zero-order valence-electron chi connectivity index (χ0n) is 10.4. The Bertz CT molecular complexity index is 578. The lowest BCUT2D eigenvalue weighted by Crippen LogP contribution is -2.20. The molecule has 1 aromatic heterocycles. The highest BCUT2D eigenvalue weighted by molar-refractivity contribution is 6.02. The first-order chi connectivity index (χ1) is 9.19. The summed E-state index contributed by atoms with van der Waals surface area (Å²) in [7, 11) is 1.59. The molecule has 3 N–H and O–H groups in total. The normalized spacial score (nSPS) is 9.95. The zero-order valence-corrected chi connectivity index (χ0v) is 10.4. The number of hydrogen-bond acceptors (Lipinski definition) is 3. The zero-order chi connectivity index (χ0) is 13.7. The number of likely N-dealkylation sites (N-methyl/N-ethyl adjacent to an activating group) is 1. The summed E-state index contributed by atoms with van der Waals surface area (Å²) >= 11 is 0. The van der Waals surface area contributed by atoms with Crippen LogP contribution in [0.5, 0.6) is 0 Å². The molecule has 6 nitrogen and oxygen atoms in total. The third-order valence-electron chi connectivity index (χ3n) is 2.57. The molecular formula is C13H14N4O2. The van der Waals surface area contributed by atoms with Gasteiger partial charge in [-0.1, -0.05) is 12.1 Å². The number of aromatic nitrogens is 2. The van der Waals surface area contributed by atoms with Gasteiger partial charge >= 0.3 is 0 Å². The monoisotopic (exact) mass is 258 g/mol. The molecule has 1 heterocycles. The van der Waals surface area contributed by atoms with Crippen molar-refractivity contribution in [3.8, 4) is 0 Å². The minimum Gasteiger partial charge on any atom is -0.359 e. The van der Waals surface area contributed by atoms with Crippen molar-refractivity contribution in [1.29, 1.82) is 0 Å². The van der Waals surface area contributed by atoms with Crippen LogP contribution in [0, 0.1) is 0 Å². The van der Waals surface area contributed by atoms with Crippen LogP contribution >= 0.6 is 0 Å². The second kappa shape index (κ2) is 5.81. The van der Waals surface area contributed by atoms with Crippen molar-refractivity contribution in [3.05, 3.63) is 47.8 Å². The fraction of sp³-hybridized carbons (Fsp3) is 0.154. The summed E-state index contributed by atoms with van der Waals surface area (Å²) < 4.78 is 0. The van der Waals surface area contributed by atoms with E-state index in [0.29, 0.717) is 11.4 Å². The lowest BCUT2D eigenvalue weighted by Gasteiger charge is -2.06. The second-order valence-corrected chi connectivity index (χ2v) is 3.97. The van der Waals surface area contributed by atoms with Crippen molar-refractivity contribution < 1.29 is 9.59 Å². The molecule has 2 aromatic rings. The number of anilines is 1. The minimum atomic E-state index is -0.269. The number of nitrogens with zero attached hydrogens (tertiary/aromatic N) is 1. The van der Waals surface area contributed by atoms with Crippen LogP contribution in [-0.4, -0.2) is 29.1 Å². The van der Waals surface area contributed by atoms with E-state index in [9.17, 15) is 9.59 Å². The van der Waals surface area contributed by atoms with E-state index in [2.05, 4.69) is 20.8 Å². The lowest BCUT2D eigenvalue weighted by atomic mass is 10.1. The summed E-state index contributed by atoms with van der Waals surface area (Å²) in [4.78, 5) is 23.1. The highest BCUT2D eigenvalue weighted by Gasteiger charge is 2.08. The van der Waals surface area contributed by atoms with Crippen molar-refractivity contribution in [2.24, 2.45) is 0 Å². The van der Waals surface area contributed by atoms with E-state index in [1.54, 1.807) is 31.3 Å². The molecule has 0 atom stereocenters. The van der Waals surface area contributed by atoms with Gasteiger partial charge in [0.1, 0.15) is 5.69 Å². The summed E-state index contributed by atoms with van der Waals surface area (Å²) in [6, 6.07) is 8.75. The molecule has 0 spiro atoms. The average molecular weight is 258 g/mol. The Hall–Kier alpha value is -2.63. The number of carbonyl (C=O) groups is 2. The summed E-state index contributed by atoms with van der Waals surface area (Å²) in [5.41, 5.74) is 1.86. The van der Waals surface area contributed by atoms with Gasteiger partial charge in [0.2, 0.25) is 5.91 Å². The van der Waals surface area contributed by atoms with E-state index >= 15 is 0 Å². The van der Waals surface area contributed by atoms with Gasteiger partial charge in [-0.3, -0.25) is 14.7 Å². The van der Waals surface area contributed by atoms with Gasteiger partial charge in [-0.05, 0) is 23.8 Å². The molecule has 1 aromatic carbocycles. The first-order valence-corrected chi connectivity index (χ1v) is 5.79. The molecule has 0 saturated carbocycles. The number of H-pyrrole nitrogens is 1. The molecule has 2 amide bonds. The van der Waals surface area contributed by atoms with Gasteiger partial charge in [-0.15, -0.1) is 0 Å². The van der Waals surface area contributed by atoms with Crippen LogP contribution < -0.4 is 10.6 Å². The van der Waals surface area contributed by atoms with Gasteiger partial charge in [-0.2, -0.15) is 5.10 Å². The van der Waals surface area contributed by atoms with Gasteiger partial charge in [0.15, 0.2) is 0 Å². The molecule has 0 aliphatic rings. The number of aromatic amines is 1. The number of amides is 2. The SMILES string of the molecule is CNC(=O)Cc1cccc(NC(=O)c2ccn[nH]2)c1. The molecule has 2 rings (SSSR count). The van der Waals surface area contributed by atoms with E-state index in [1.807, 2.05) is 6.07 Å². The number of nitrogens with one attached hydrogen (secondary N) is 3. The molecule has 98 valence electrons. The van der Waals surface area contributed by atoms with Gasteiger partial charge in [0.05, 0.1) is 6.42 Å². The van der Waals surface area contributed by atoms with Crippen LogP contribution in [0.25, 0.3) is 0 Å². The van der Waals surface area contributed by atoms with Crippen molar-refractivity contribution in [2.75, 3.05) is 12.4 Å². The summed E-state index contributed by atoms with van der Waals surface area (Å²) in [5, 5.41) is 11.6. The fourth-order valence-corrected chi connectivity index (χ4v) is 1.61. The molecule has 0 aliphatic heterocycles. The van der Waals surface area contributed by atoms with Crippen LogP contribution in [0.2, 0.25) is 0 Å². The molecule has 0 aliphatic carbocycles. The third-order valence-corrected chi connectivity index (χ3v) is 2.57. The fourth-order valence-electron chi connectivity index (χ4n) is 1.61. The first-order valence-electron chi connectivity index (χ1n) is 5.79. The van der Waals surface area contributed by atoms with E-state index < -0.39 is 0 Å². The Balaban J connectivity index is 2.07. The van der Waals surface area contributed by atoms with Crippen molar-refractivity contribution >= 4 is 17.5 Å². The average Bonchev–Trinajstić information content (AvgIpc) is 2.93. The Morgan fingerprint density at radius 2 is 2.16 bits per heavy atom. The lowest BCUT2D eigenvalue weighted by molar-refractivity contribution is -0.119. The number of hydrogen-bond donors (Lipinski definition) is 3. The molecule has 6 heteroatoms. The van der Waals surface area contributed by atoms with Crippen LogP contribution in [-0.2, 0) is 11.2 Å². The Labute approximate surface area is 110 Å². The Morgan fingerprint density at radius 3 is 2.84 bits per heavy atom. The summed E-state index contributed by atoms with van der Waals surface area (Å²) in [5.74, 6) is -0.341. The topological polar surface area (TPSA) is 86.9 Å². The van der Waals surface area contributed by atoms with E-state index in [1.165, 1.54) is 6.20 Å². The summed E-state index contributed by atoms with van der Waals surface area (Å²) in [6.45, 7) is 0. The largest absolute Gasteiger partial charge is 0.359 e.